The number of carbonyl (C=O) groups excluding carboxylic acids is 1. The van der Waals surface area contributed by atoms with Gasteiger partial charge in [-0.25, -0.2) is 4.98 Å². The van der Waals surface area contributed by atoms with Crippen LogP contribution in [0.25, 0.3) is 0 Å². The van der Waals surface area contributed by atoms with Crippen molar-refractivity contribution in [2.24, 2.45) is 5.92 Å². The molecule has 0 spiro atoms. The van der Waals surface area contributed by atoms with Crippen molar-refractivity contribution in [1.29, 1.82) is 0 Å². The molecule has 2 rings (SSSR count). The molecule has 1 aliphatic rings. The molecule has 1 aromatic rings. The van der Waals surface area contributed by atoms with Gasteiger partial charge in [-0.15, -0.1) is 0 Å². The van der Waals surface area contributed by atoms with Gasteiger partial charge in [0.2, 0.25) is 5.91 Å². The van der Waals surface area contributed by atoms with E-state index in [1.165, 1.54) is 0 Å². The Morgan fingerprint density at radius 2 is 1.89 bits per heavy atom. The third kappa shape index (κ3) is 3.31. The monoisotopic (exact) mass is 301 g/mol. The minimum Gasteiger partial charge on any atom is -0.352 e. The number of pyridine rings is 1. The number of piperazine rings is 1. The fourth-order valence-electron chi connectivity index (χ4n) is 2.14. The number of halogens is 2. The third-order valence-corrected chi connectivity index (χ3v) is 3.66. The van der Waals surface area contributed by atoms with Gasteiger partial charge in [-0.3, -0.25) is 4.79 Å². The number of hydrogen-bond donors (Lipinski definition) is 0. The van der Waals surface area contributed by atoms with Crippen molar-refractivity contribution in [1.82, 2.24) is 9.88 Å². The first kappa shape index (κ1) is 14.4. The van der Waals surface area contributed by atoms with Crippen LogP contribution in [0.15, 0.2) is 12.3 Å². The average Bonchev–Trinajstić information content (AvgIpc) is 2.38. The van der Waals surface area contributed by atoms with E-state index in [0.29, 0.717) is 23.1 Å². The van der Waals surface area contributed by atoms with Crippen molar-refractivity contribution < 1.29 is 4.79 Å². The Morgan fingerprint density at radius 1 is 1.26 bits per heavy atom. The van der Waals surface area contributed by atoms with Crippen LogP contribution >= 0.6 is 23.2 Å². The molecule has 1 aromatic heterocycles. The van der Waals surface area contributed by atoms with E-state index in [2.05, 4.69) is 9.88 Å². The SMILES string of the molecule is CC(C)C(=O)N1CCN(c2ncc(Cl)cc2Cl)CC1. The van der Waals surface area contributed by atoms with Gasteiger partial charge in [0.1, 0.15) is 5.82 Å². The van der Waals surface area contributed by atoms with Crippen LogP contribution < -0.4 is 4.90 Å². The predicted molar refractivity (Wildman–Crippen MR) is 77.9 cm³/mol. The van der Waals surface area contributed by atoms with Crippen molar-refractivity contribution in [2.75, 3.05) is 31.1 Å². The lowest BCUT2D eigenvalue weighted by Gasteiger charge is -2.36. The van der Waals surface area contributed by atoms with E-state index in [1.807, 2.05) is 18.7 Å². The van der Waals surface area contributed by atoms with Gasteiger partial charge in [-0.2, -0.15) is 0 Å². The van der Waals surface area contributed by atoms with Crippen molar-refractivity contribution in [3.8, 4) is 0 Å². The van der Waals surface area contributed by atoms with E-state index in [1.54, 1.807) is 12.3 Å². The van der Waals surface area contributed by atoms with Crippen molar-refractivity contribution in [3.05, 3.63) is 22.3 Å². The summed E-state index contributed by atoms with van der Waals surface area (Å²) in [6, 6.07) is 1.69. The van der Waals surface area contributed by atoms with E-state index in [-0.39, 0.29) is 11.8 Å². The number of rotatable bonds is 2. The Labute approximate surface area is 123 Å². The molecule has 0 atom stereocenters. The number of anilines is 1. The second-order valence-electron chi connectivity index (χ2n) is 4.93. The van der Waals surface area contributed by atoms with Crippen LogP contribution in [0, 0.1) is 5.92 Å². The molecule has 0 unspecified atom stereocenters. The summed E-state index contributed by atoms with van der Waals surface area (Å²) in [4.78, 5) is 20.1. The highest BCUT2D eigenvalue weighted by Gasteiger charge is 2.24. The number of carbonyl (C=O) groups is 1. The van der Waals surface area contributed by atoms with Gasteiger partial charge in [-0.05, 0) is 6.07 Å². The highest BCUT2D eigenvalue weighted by atomic mass is 35.5. The Hall–Kier alpha value is -1.000. The summed E-state index contributed by atoms with van der Waals surface area (Å²) in [6.45, 7) is 6.74. The van der Waals surface area contributed by atoms with E-state index in [4.69, 9.17) is 23.2 Å². The van der Waals surface area contributed by atoms with Crippen molar-refractivity contribution >= 4 is 34.9 Å². The molecule has 0 N–H and O–H groups in total. The lowest BCUT2D eigenvalue weighted by atomic mass is 10.1. The molecule has 6 heteroatoms. The lowest BCUT2D eigenvalue weighted by Crippen LogP contribution is -2.50. The molecule has 4 nitrogen and oxygen atoms in total. The number of aromatic nitrogens is 1. The van der Waals surface area contributed by atoms with Gasteiger partial charge in [0, 0.05) is 38.3 Å². The molecule has 0 aromatic carbocycles. The van der Waals surface area contributed by atoms with Gasteiger partial charge in [-0.1, -0.05) is 37.0 Å². The van der Waals surface area contributed by atoms with E-state index >= 15 is 0 Å². The molecule has 0 aliphatic carbocycles. The first-order valence-corrected chi connectivity index (χ1v) is 7.09. The molecule has 1 amide bonds. The highest BCUT2D eigenvalue weighted by molar-refractivity contribution is 6.36. The Bertz CT molecular complexity index is 471. The number of amides is 1. The molecule has 0 radical (unpaired) electrons. The van der Waals surface area contributed by atoms with Crippen LogP contribution in [0.3, 0.4) is 0 Å². The minimum absolute atomic E-state index is 0.0452. The standard InChI is InChI=1S/C13H17Cl2N3O/c1-9(2)13(19)18-5-3-17(4-6-18)12-11(15)7-10(14)8-16-12/h7-9H,3-6H2,1-2H3. The van der Waals surface area contributed by atoms with Gasteiger partial charge in [0.05, 0.1) is 10.0 Å². The summed E-state index contributed by atoms with van der Waals surface area (Å²) in [5.74, 6) is 0.987. The van der Waals surface area contributed by atoms with E-state index < -0.39 is 0 Å². The molecule has 0 bridgehead atoms. The van der Waals surface area contributed by atoms with Crippen LogP contribution in [0.4, 0.5) is 5.82 Å². The van der Waals surface area contributed by atoms with E-state index in [0.717, 1.165) is 18.9 Å². The zero-order chi connectivity index (χ0) is 14.0. The van der Waals surface area contributed by atoms with Crippen LogP contribution in [0.1, 0.15) is 13.8 Å². The lowest BCUT2D eigenvalue weighted by molar-refractivity contribution is -0.134. The fourth-order valence-corrected chi connectivity index (χ4v) is 2.64. The number of hydrogen-bond acceptors (Lipinski definition) is 3. The van der Waals surface area contributed by atoms with E-state index in [9.17, 15) is 4.79 Å². The molecule has 1 saturated heterocycles. The maximum atomic E-state index is 11.9. The molecular weight excluding hydrogens is 285 g/mol. The summed E-state index contributed by atoms with van der Waals surface area (Å²) in [5.41, 5.74) is 0. The van der Waals surface area contributed by atoms with Gasteiger partial charge >= 0.3 is 0 Å². The van der Waals surface area contributed by atoms with Gasteiger partial charge < -0.3 is 9.80 Å². The summed E-state index contributed by atoms with van der Waals surface area (Å²) in [5, 5.41) is 1.08. The predicted octanol–water partition coefficient (Wildman–Crippen LogP) is 2.69. The quantitative estimate of drug-likeness (QED) is 0.843. The van der Waals surface area contributed by atoms with Crippen molar-refractivity contribution in [2.45, 2.75) is 13.8 Å². The summed E-state index contributed by atoms with van der Waals surface area (Å²) < 4.78 is 0. The van der Waals surface area contributed by atoms with Gasteiger partial charge in [0.15, 0.2) is 0 Å². The zero-order valence-electron chi connectivity index (χ0n) is 11.1. The van der Waals surface area contributed by atoms with Crippen LogP contribution in [0.2, 0.25) is 10.0 Å². The van der Waals surface area contributed by atoms with Gasteiger partial charge in [0.25, 0.3) is 0 Å². The largest absolute Gasteiger partial charge is 0.352 e. The average molecular weight is 302 g/mol. The molecular formula is C13H17Cl2N3O. The maximum Gasteiger partial charge on any atom is 0.225 e. The topological polar surface area (TPSA) is 36.4 Å². The Kier molecular flexibility index (Phi) is 4.53. The molecule has 2 heterocycles. The minimum atomic E-state index is 0.0452. The Morgan fingerprint density at radius 3 is 2.42 bits per heavy atom. The summed E-state index contributed by atoms with van der Waals surface area (Å²) >= 11 is 12.0. The van der Waals surface area contributed by atoms with Crippen LogP contribution in [0.5, 0.6) is 0 Å². The molecule has 19 heavy (non-hydrogen) atoms. The smallest absolute Gasteiger partial charge is 0.225 e. The molecule has 1 fully saturated rings. The van der Waals surface area contributed by atoms with Crippen LogP contribution in [-0.2, 0) is 4.79 Å². The normalized spacial score (nSPS) is 16.1. The van der Waals surface area contributed by atoms with Crippen LogP contribution in [-0.4, -0.2) is 42.0 Å². The highest BCUT2D eigenvalue weighted by Crippen LogP contribution is 2.26. The molecule has 0 saturated carbocycles. The third-order valence-electron chi connectivity index (χ3n) is 3.17. The zero-order valence-corrected chi connectivity index (χ0v) is 12.6. The second kappa shape index (κ2) is 5.97. The first-order valence-electron chi connectivity index (χ1n) is 6.34. The first-order chi connectivity index (χ1) is 8.99. The maximum absolute atomic E-state index is 11.9. The molecule has 1 aliphatic heterocycles. The number of nitrogens with zero attached hydrogens (tertiary/aromatic N) is 3. The Balaban J connectivity index is 2.02. The fraction of sp³-hybridized carbons (Fsp3) is 0.538. The summed E-state index contributed by atoms with van der Waals surface area (Å²) in [6.07, 6.45) is 1.59. The second-order valence-corrected chi connectivity index (χ2v) is 5.77. The molecule has 104 valence electrons. The summed E-state index contributed by atoms with van der Waals surface area (Å²) in [7, 11) is 0. The van der Waals surface area contributed by atoms with Crippen molar-refractivity contribution in [3.63, 3.8) is 0 Å².